The van der Waals surface area contributed by atoms with Crippen molar-refractivity contribution in [2.24, 2.45) is 5.73 Å². The molecule has 0 spiro atoms. The lowest BCUT2D eigenvalue weighted by atomic mass is 10.2. The van der Waals surface area contributed by atoms with E-state index in [1.54, 1.807) is 7.11 Å². The Bertz CT molecular complexity index is 337. The topological polar surface area (TPSA) is 44.5 Å². The first-order chi connectivity index (χ1) is 7.61. The molecule has 0 amide bonds. The highest BCUT2D eigenvalue weighted by molar-refractivity contribution is 7.80. The zero-order chi connectivity index (χ0) is 12.0. The van der Waals surface area contributed by atoms with Crippen molar-refractivity contribution in [3.8, 4) is 5.75 Å². The normalized spacial score (nSPS) is 12.1. The fraction of sp³-hybridized carbons (Fsp3) is 0.417. The van der Waals surface area contributed by atoms with E-state index in [2.05, 4.69) is 0 Å². The Kier molecular flexibility index (Phi) is 5.22. The van der Waals surface area contributed by atoms with Gasteiger partial charge in [-0.2, -0.15) is 0 Å². The van der Waals surface area contributed by atoms with Gasteiger partial charge in [-0.3, -0.25) is 0 Å². The zero-order valence-corrected chi connectivity index (χ0v) is 10.4. The highest BCUT2D eigenvalue weighted by Gasteiger charge is 2.04. The van der Waals surface area contributed by atoms with E-state index in [-0.39, 0.29) is 6.10 Å². The highest BCUT2D eigenvalue weighted by atomic mass is 32.1. The molecule has 1 atom stereocenters. The smallest absolute Gasteiger partial charge is 0.118 e. The molecule has 1 unspecified atom stereocenters. The standard InChI is InChI=1S/C12H17NO2S/c1-9(7-12(13)16)15-8-10-3-5-11(14-2)6-4-10/h3-6,9H,7-8H2,1-2H3,(H2,13,16). The van der Waals surface area contributed by atoms with Gasteiger partial charge in [-0.1, -0.05) is 24.4 Å². The minimum atomic E-state index is 0.0552. The Labute approximate surface area is 102 Å². The molecule has 0 radical (unpaired) electrons. The van der Waals surface area contributed by atoms with Gasteiger partial charge in [-0.15, -0.1) is 0 Å². The van der Waals surface area contributed by atoms with E-state index < -0.39 is 0 Å². The Morgan fingerprint density at radius 2 is 2.00 bits per heavy atom. The molecule has 0 aliphatic rings. The minimum absolute atomic E-state index is 0.0552. The van der Waals surface area contributed by atoms with Crippen LogP contribution in [0.15, 0.2) is 24.3 Å². The number of hydrogen-bond acceptors (Lipinski definition) is 3. The van der Waals surface area contributed by atoms with Crippen LogP contribution in [-0.2, 0) is 11.3 Å². The third kappa shape index (κ3) is 4.59. The van der Waals surface area contributed by atoms with Crippen LogP contribution in [0.2, 0.25) is 0 Å². The summed E-state index contributed by atoms with van der Waals surface area (Å²) in [5, 5.41) is 0. The van der Waals surface area contributed by atoms with Crippen molar-refractivity contribution in [1.29, 1.82) is 0 Å². The number of methoxy groups -OCH3 is 1. The van der Waals surface area contributed by atoms with Crippen LogP contribution < -0.4 is 10.5 Å². The lowest BCUT2D eigenvalue weighted by Gasteiger charge is -2.12. The monoisotopic (exact) mass is 239 g/mol. The molecule has 2 N–H and O–H groups in total. The summed E-state index contributed by atoms with van der Waals surface area (Å²) in [5.41, 5.74) is 6.54. The highest BCUT2D eigenvalue weighted by Crippen LogP contribution is 2.13. The summed E-state index contributed by atoms with van der Waals surface area (Å²) >= 11 is 4.82. The maximum atomic E-state index is 5.60. The van der Waals surface area contributed by atoms with Gasteiger partial charge in [0.2, 0.25) is 0 Å². The fourth-order valence-electron chi connectivity index (χ4n) is 1.30. The summed E-state index contributed by atoms with van der Waals surface area (Å²) in [7, 11) is 1.65. The van der Waals surface area contributed by atoms with Gasteiger partial charge < -0.3 is 15.2 Å². The predicted molar refractivity (Wildman–Crippen MR) is 68.6 cm³/mol. The Balaban J connectivity index is 2.39. The van der Waals surface area contributed by atoms with Gasteiger partial charge in [0.1, 0.15) is 5.75 Å². The molecule has 0 bridgehead atoms. The maximum absolute atomic E-state index is 5.60. The van der Waals surface area contributed by atoms with Crippen LogP contribution in [0.5, 0.6) is 5.75 Å². The van der Waals surface area contributed by atoms with Crippen LogP contribution in [0.4, 0.5) is 0 Å². The molecule has 4 heteroatoms. The van der Waals surface area contributed by atoms with Crippen molar-refractivity contribution >= 4 is 17.2 Å². The van der Waals surface area contributed by atoms with Crippen LogP contribution in [-0.4, -0.2) is 18.2 Å². The first-order valence-electron chi connectivity index (χ1n) is 5.14. The van der Waals surface area contributed by atoms with Crippen LogP contribution in [0, 0.1) is 0 Å². The van der Waals surface area contributed by atoms with Crippen LogP contribution in [0.1, 0.15) is 18.9 Å². The molecule has 0 aliphatic heterocycles. The molecule has 0 saturated heterocycles. The second kappa shape index (κ2) is 6.45. The van der Waals surface area contributed by atoms with Gasteiger partial charge in [0, 0.05) is 6.42 Å². The molecular formula is C12H17NO2S. The van der Waals surface area contributed by atoms with E-state index in [1.165, 1.54) is 0 Å². The van der Waals surface area contributed by atoms with Crippen LogP contribution in [0.25, 0.3) is 0 Å². The predicted octanol–water partition coefficient (Wildman–Crippen LogP) is 2.28. The molecule has 0 heterocycles. The summed E-state index contributed by atoms with van der Waals surface area (Å²) in [5.74, 6) is 0.847. The number of nitrogens with two attached hydrogens (primary N) is 1. The lowest BCUT2D eigenvalue weighted by molar-refractivity contribution is 0.0582. The number of thiocarbonyl (C=S) groups is 1. The summed E-state index contributed by atoms with van der Waals surface area (Å²) in [6, 6.07) is 7.78. The average molecular weight is 239 g/mol. The van der Waals surface area contributed by atoms with E-state index in [1.807, 2.05) is 31.2 Å². The molecule has 0 saturated carbocycles. The summed E-state index contributed by atoms with van der Waals surface area (Å²) < 4.78 is 10.7. The maximum Gasteiger partial charge on any atom is 0.118 e. The Morgan fingerprint density at radius 1 is 1.38 bits per heavy atom. The van der Waals surface area contributed by atoms with E-state index in [9.17, 15) is 0 Å². The third-order valence-corrected chi connectivity index (χ3v) is 2.35. The fourth-order valence-corrected chi connectivity index (χ4v) is 1.54. The third-order valence-electron chi connectivity index (χ3n) is 2.18. The average Bonchev–Trinajstić information content (AvgIpc) is 2.26. The second-order valence-corrected chi connectivity index (χ2v) is 4.16. The van der Waals surface area contributed by atoms with E-state index in [0.29, 0.717) is 18.0 Å². The molecule has 0 aliphatic carbocycles. The number of ether oxygens (including phenoxy) is 2. The molecule has 0 fully saturated rings. The molecule has 1 rings (SSSR count). The van der Waals surface area contributed by atoms with Crippen molar-refractivity contribution in [2.75, 3.05) is 7.11 Å². The summed E-state index contributed by atoms with van der Waals surface area (Å²) in [4.78, 5) is 0.488. The van der Waals surface area contributed by atoms with Crippen molar-refractivity contribution in [3.05, 3.63) is 29.8 Å². The number of benzene rings is 1. The van der Waals surface area contributed by atoms with E-state index in [4.69, 9.17) is 27.4 Å². The molecule has 3 nitrogen and oxygen atoms in total. The molecule has 0 aromatic heterocycles. The first-order valence-corrected chi connectivity index (χ1v) is 5.55. The number of hydrogen-bond donors (Lipinski definition) is 1. The Hall–Kier alpha value is -1.13. The van der Waals surface area contributed by atoms with Gasteiger partial charge >= 0.3 is 0 Å². The SMILES string of the molecule is COc1ccc(COC(C)CC(N)=S)cc1. The van der Waals surface area contributed by atoms with Crippen molar-refractivity contribution in [3.63, 3.8) is 0 Å². The summed E-state index contributed by atoms with van der Waals surface area (Å²) in [6.07, 6.45) is 0.672. The van der Waals surface area contributed by atoms with Crippen LogP contribution >= 0.6 is 12.2 Å². The molecule has 1 aromatic rings. The first kappa shape index (κ1) is 12.9. The van der Waals surface area contributed by atoms with Gasteiger partial charge in [-0.05, 0) is 24.6 Å². The molecule has 16 heavy (non-hydrogen) atoms. The largest absolute Gasteiger partial charge is 0.497 e. The van der Waals surface area contributed by atoms with E-state index in [0.717, 1.165) is 11.3 Å². The minimum Gasteiger partial charge on any atom is -0.497 e. The quantitative estimate of drug-likeness (QED) is 0.773. The zero-order valence-electron chi connectivity index (χ0n) is 9.60. The van der Waals surface area contributed by atoms with Crippen molar-refractivity contribution in [1.82, 2.24) is 0 Å². The Morgan fingerprint density at radius 3 is 2.50 bits per heavy atom. The van der Waals surface area contributed by atoms with Gasteiger partial charge in [0.25, 0.3) is 0 Å². The van der Waals surface area contributed by atoms with Gasteiger partial charge in [0.05, 0.1) is 24.8 Å². The lowest BCUT2D eigenvalue weighted by Crippen LogP contribution is -2.18. The number of rotatable bonds is 6. The molecule has 1 aromatic carbocycles. The van der Waals surface area contributed by atoms with Crippen molar-refractivity contribution < 1.29 is 9.47 Å². The second-order valence-electron chi connectivity index (χ2n) is 3.64. The van der Waals surface area contributed by atoms with Gasteiger partial charge in [-0.25, -0.2) is 0 Å². The summed E-state index contributed by atoms with van der Waals surface area (Å²) in [6.45, 7) is 2.52. The molecule has 88 valence electrons. The molecular weight excluding hydrogens is 222 g/mol. The van der Waals surface area contributed by atoms with E-state index >= 15 is 0 Å². The van der Waals surface area contributed by atoms with Gasteiger partial charge in [0.15, 0.2) is 0 Å². The van der Waals surface area contributed by atoms with Crippen molar-refractivity contribution in [2.45, 2.75) is 26.1 Å². The van der Waals surface area contributed by atoms with Crippen LogP contribution in [0.3, 0.4) is 0 Å².